The Morgan fingerprint density at radius 2 is 2.04 bits per heavy atom. The van der Waals surface area contributed by atoms with E-state index >= 15 is 0 Å². The number of amides is 1. The van der Waals surface area contributed by atoms with E-state index < -0.39 is 6.04 Å². The molecule has 1 atom stereocenters. The van der Waals surface area contributed by atoms with Gasteiger partial charge in [0.15, 0.2) is 5.78 Å². The zero-order chi connectivity index (χ0) is 19.8. The average molecular weight is 377 g/mol. The van der Waals surface area contributed by atoms with Gasteiger partial charge in [-0.1, -0.05) is 54.6 Å². The largest absolute Gasteiger partial charge is 0.364 e. The lowest BCUT2D eigenvalue weighted by atomic mass is 10.1. The van der Waals surface area contributed by atoms with Gasteiger partial charge in [0, 0.05) is 18.3 Å². The molecule has 146 valence electrons. The molecule has 0 radical (unpaired) electrons. The zero-order valence-corrected chi connectivity index (χ0v) is 16.4. The number of hydrogen-bond acceptors (Lipinski definition) is 3. The van der Waals surface area contributed by atoms with Gasteiger partial charge in [-0.15, -0.1) is 0 Å². The van der Waals surface area contributed by atoms with Gasteiger partial charge in [0.25, 0.3) is 0 Å². The van der Waals surface area contributed by atoms with Crippen LogP contribution in [0.4, 0.5) is 0 Å². The number of carbonyl (C=O) groups is 2. The quantitative estimate of drug-likeness (QED) is 0.763. The highest BCUT2D eigenvalue weighted by Crippen LogP contribution is 2.27. The van der Waals surface area contributed by atoms with Crippen molar-refractivity contribution >= 4 is 17.8 Å². The molecule has 0 unspecified atom stereocenters. The van der Waals surface area contributed by atoms with Crippen LogP contribution in [0.5, 0.6) is 0 Å². The first-order chi connectivity index (χ1) is 13.6. The third-order valence-electron chi connectivity index (χ3n) is 5.09. The summed E-state index contributed by atoms with van der Waals surface area (Å²) in [4.78, 5) is 27.1. The fourth-order valence-corrected chi connectivity index (χ4v) is 3.51. The molecule has 1 amide bonds. The summed E-state index contributed by atoms with van der Waals surface area (Å²) in [6.07, 6.45) is 16.0. The molecule has 2 aliphatic rings. The number of rotatable bonds is 6. The Kier molecular flexibility index (Phi) is 7.01. The lowest BCUT2D eigenvalue weighted by Gasteiger charge is -2.27. The molecule has 0 aromatic heterocycles. The number of ketones is 1. The molecule has 1 aromatic rings. The first kappa shape index (κ1) is 19.9. The SMILES string of the molecule is C[C@H](NC(=O)/C=C/c1ccccc1)C(=O)CN1CCCCC2=CC=CCC=C21. The fourth-order valence-electron chi connectivity index (χ4n) is 3.51. The molecular formula is C24H28N2O2. The summed E-state index contributed by atoms with van der Waals surface area (Å²) in [5.74, 6) is -0.222. The highest BCUT2D eigenvalue weighted by molar-refractivity contribution is 5.96. The van der Waals surface area contributed by atoms with Gasteiger partial charge in [-0.25, -0.2) is 0 Å². The van der Waals surface area contributed by atoms with Crippen molar-refractivity contribution in [2.45, 2.75) is 38.6 Å². The molecule has 0 bridgehead atoms. The van der Waals surface area contributed by atoms with Crippen molar-refractivity contribution < 1.29 is 9.59 Å². The van der Waals surface area contributed by atoms with Crippen LogP contribution in [0.1, 0.15) is 38.2 Å². The summed E-state index contributed by atoms with van der Waals surface area (Å²) in [6.45, 7) is 2.96. The highest BCUT2D eigenvalue weighted by Gasteiger charge is 2.23. The number of nitrogens with zero attached hydrogens (tertiary/aromatic N) is 1. The van der Waals surface area contributed by atoms with Crippen molar-refractivity contribution in [1.29, 1.82) is 0 Å². The van der Waals surface area contributed by atoms with Crippen molar-refractivity contribution in [2.75, 3.05) is 13.1 Å². The Balaban J connectivity index is 1.58. The summed E-state index contributed by atoms with van der Waals surface area (Å²) in [5, 5.41) is 2.79. The molecule has 1 aliphatic carbocycles. The van der Waals surface area contributed by atoms with Crippen molar-refractivity contribution in [3.63, 3.8) is 0 Å². The second-order valence-electron chi connectivity index (χ2n) is 7.26. The number of nitrogens with one attached hydrogen (secondary N) is 1. The van der Waals surface area contributed by atoms with Crippen LogP contribution in [-0.2, 0) is 9.59 Å². The van der Waals surface area contributed by atoms with Crippen LogP contribution in [0.25, 0.3) is 6.08 Å². The molecular weight excluding hydrogens is 348 g/mol. The average Bonchev–Trinajstić information content (AvgIpc) is 3.04. The van der Waals surface area contributed by atoms with Crippen LogP contribution in [0.3, 0.4) is 0 Å². The van der Waals surface area contributed by atoms with Gasteiger partial charge in [0.1, 0.15) is 0 Å². The predicted octanol–water partition coefficient (Wildman–Crippen LogP) is 4.03. The van der Waals surface area contributed by atoms with E-state index in [4.69, 9.17) is 0 Å². The monoisotopic (exact) mass is 376 g/mol. The molecule has 3 rings (SSSR count). The maximum atomic E-state index is 12.8. The first-order valence-electron chi connectivity index (χ1n) is 10.0. The maximum Gasteiger partial charge on any atom is 0.244 e. The molecule has 4 heteroatoms. The second-order valence-corrected chi connectivity index (χ2v) is 7.26. The minimum atomic E-state index is -0.520. The number of fused-ring (bicyclic) bond motifs is 1. The molecule has 1 aromatic carbocycles. The number of benzene rings is 1. The van der Waals surface area contributed by atoms with E-state index in [1.807, 2.05) is 30.3 Å². The Hall–Kier alpha value is -2.88. The number of likely N-dealkylation sites (tertiary alicyclic amines) is 1. The Morgan fingerprint density at radius 3 is 2.86 bits per heavy atom. The van der Waals surface area contributed by atoms with Crippen molar-refractivity contribution in [3.8, 4) is 0 Å². The molecule has 0 saturated carbocycles. The van der Waals surface area contributed by atoms with Gasteiger partial charge in [-0.2, -0.15) is 0 Å². The topological polar surface area (TPSA) is 49.4 Å². The summed E-state index contributed by atoms with van der Waals surface area (Å²) >= 11 is 0. The number of Topliss-reactive ketones (excluding diaryl/α,β-unsaturated/α-hetero) is 1. The van der Waals surface area contributed by atoms with E-state index in [0.717, 1.165) is 37.8 Å². The van der Waals surface area contributed by atoms with E-state index in [-0.39, 0.29) is 11.7 Å². The van der Waals surface area contributed by atoms with Crippen LogP contribution in [0, 0.1) is 0 Å². The van der Waals surface area contributed by atoms with E-state index in [9.17, 15) is 9.59 Å². The number of allylic oxidation sites excluding steroid dienone is 5. The first-order valence-corrected chi connectivity index (χ1v) is 10.0. The molecule has 0 spiro atoms. The van der Waals surface area contributed by atoms with Gasteiger partial charge < -0.3 is 10.2 Å². The smallest absolute Gasteiger partial charge is 0.244 e. The predicted molar refractivity (Wildman–Crippen MR) is 113 cm³/mol. The summed E-state index contributed by atoms with van der Waals surface area (Å²) in [5.41, 5.74) is 3.44. The van der Waals surface area contributed by atoms with Crippen LogP contribution in [-0.4, -0.2) is 35.7 Å². The van der Waals surface area contributed by atoms with E-state index in [1.165, 1.54) is 17.3 Å². The van der Waals surface area contributed by atoms with E-state index in [1.54, 1.807) is 13.0 Å². The number of hydrogen-bond donors (Lipinski definition) is 1. The summed E-state index contributed by atoms with van der Waals surface area (Å²) in [6, 6.07) is 9.11. The number of carbonyl (C=O) groups excluding carboxylic acids is 2. The third kappa shape index (κ3) is 5.56. The van der Waals surface area contributed by atoms with Crippen molar-refractivity contribution in [1.82, 2.24) is 10.2 Å². The van der Waals surface area contributed by atoms with Crippen LogP contribution in [0.15, 0.2) is 72.0 Å². The fraction of sp³-hybridized carbons (Fsp3) is 0.333. The Morgan fingerprint density at radius 1 is 1.21 bits per heavy atom. The van der Waals surface area contributed by atoms with Crippen LogP contribution >= 0.6 is 0 Å². The molecule has 4 nitrogen and oxygen atoms in total. The molecule has 1 N–H and O–H groups in total. The van der Waals surface area contributed by atoms with Gasteiger partial charge in [-0.3, -0.25) is 9.59 Å². The lowest BCUT2D eigenvalue weighted by Crippen LogP contribution is -2.43. The van der Waals surface area contributed by atoms with Gasteiger partial charge in [0.2, 0.25) is 5.91 Å². The van der Waals surface area contributed by atoms with Crippen molar-refractivity contribution in [2.24, 2.45) is 0 Å². The van der Waals surface area contributed by atoms with Crippen LogP contribution < -0.4 is 5.32 Å². The third-order valence-corrected chi connectivity index (χ3v) is 5.09. The van der Waals surface area contributed by atoms with E-state index in [2.05, 4.69) is 34.5 Å². The van der Waals surface area contributed by atoms with E-state index in [0.29, 0.717) is 6.54 Å². The lowest BCUT2D eigenvalue weighted by molar-refractivity contribution is -0.125. The summed E-state index contributed by atoms with van der Waals surface area (Å²) < 4.78 is 0. The maximum absolute atomic E-state index is 12.8. The zero-order valence-electron chi connectivity index (χ0n) is 16.4. The molecule has 1 heterocycles. The molecule has 1 fully saturated rings. The Bertz CT molecular complexity index is 818. The molecule has 1 aliphatic heterocycles. The minimum Gasteiger partial charge on any atom is -0.364 e. The Labute approximate surface area is 167 Å². The molecule has 1 saturated heterocycles. The van der Waals surface area contributed by atoms with Crippen LogP contribution in [0.2, 0.25) is 0 Å². The highest BCUT2D eigenvalue weighted by atomic mass is 16.2. The molecule has 28 heavy (non-hydrogen) atoms. The van der Waals surface area contributed by atoms with Gasteiger partial charge >= 0.3 is 0 Å². The summed E-state index contributed by atoms with van der Waals surface area (Å²) in [7, 11) is 0. The van der Waals surface area contributed by atoms with Gasteiger partial charge in [-0.05, 0) is 49.8 Å². The van der Waals surface area contributed by atoms with Gasteiger partial charge in [0.05, 0.1) is 12.6 Å². The second kappa shape index (κ2) is 9.88. The minimum absolute atomic E-state index is 0.0285. The normalized spacial score (nSPS) is 17.8. The standard InChI is InChI=1S/C24H28N2O2/c1-19(25-24(28)16-15-20-10-4-2-5-11-20)23(27)18-26-17-9-8-13-21-12-6-3-7-14-22(21)26/h2-6,10-12,14-16,19H,7-9,13,17-18H2,1H3,(H,25,28)/b16-15+/t19-/m0/s1. The van der Waals surface area contributed by atoms with Crippen molar-refractivity contribution in [3.05, 3.63) is 77.5 Å².